The minimum Gasteiger partial charge on any atom is -0.496 e. The van der Waals surface area contributed by atoms with Crippen molar-refractivity contribution in [3.63, 3.8) is 0 Å². The highest BCUT2D eigenvalue weighted by Gasteiger charge is 2.24. The molecule has 0 fully saturated rings. The molecule has 2 heterocycles. The summed E-state index contributed by atoms with van der Waals surface area (Å²) in [7, 11) is 1.61. The van der Waals surface area contributed by atoms with Crippen LogP contribution in [-0.2, 0) is 16.1 Å². The van der Waals surface area contributed by atoms with Gasteiger partial charge in [-0.3, -0.25) is 14.9 Å². The molecule has 0 aliphatic carbocycles. The van der Waals surface area contributed by atoms with Gasteiger partial charge in [-0.05, 0) is 48.4 Å². The molecule has 3 aromatic carbocycles. The van der Waals surface area contributed by atoms with Gasteiger partial charge in [0.2, 0.25) is 5.91 Å². The molecule has 1 N–H and O–H groups in total. The fourth-order valence-corrected chi connectivity index (χ4v) is 4.73. The van der Waals surface area contributed by atoms with Crippen LogP contribution in [0.2, 0.25) is 0 Å². The van der Waals surface area contributed by atoms with Crippen LogP contribution in [0, 0.1) is 0 Å². The Morgan fingerprint density at radius 1 is 1.02 bits per heavy atom. The summed E-state index contributed by atoms with van der Waals surface area (Å²) in [6.07, 6.45) is 5.39. The monoisotopic (exact) mass is 551 g/mol. The van der Waals surface area contributed by atoms with Gasteiger partial charge in [-0.25, -0.2) is 9.67 Å². The maximum atomic E-state index is 13.1. The zero-order valence-electron chi connectivity index (χ0n) is 22.9. The molecule has 41 heavy (non-hydrogen) atoms. The number of nitrogens with one attached hydrogen (secondary N) is 1. The molecule has 1 atom stereocenters. The molecule has 0 bridgehead atoms. The number of methoxy groups -OCH3 is 1. The van der Waals surface area contributed by atoms with E-state index in [1.807, 2.05) is 66.9 Å². The third kappa shape index (κ3) is 6.91. The Morgan fingerprint density at radius 3 is 2.56 bits per heavy atom. The molecule has 209 valence electrons. The summed E-state index contributed by atoms with van der Waals surface area (Å²) in [5, 5.41) is 11.7. The first kappa shape index (κ1) is 27.4. The number of carbonyl (C=O) groups excluding carboxylic acids is 2. The quantitative estimate of drug-likeness (QED) is 0.286. The molecule has 10 heteroatoms. The molecule has 4 aromatic rings. The molecule has 2 amide bonds. The van der Waals surface area contributed by atoms with Gasteiger partial charge in [0.1, 0.15) is 24.2 Å². The van der Waals surface area contributed by atoms with Gasteiger partial charge in [0, 0.05) is 37.3 Å². The topological polar surface area (TPSA) is 113 Å². The van der Waals surface area contributed by atoms with Gasteiger partial charge in [0.15, 0.2) is 6.61 Å². The zero-order valence-corrected chi connectivity index (χ0v) is 22.9. The Labute approximate surface area is 238 Å². The van der Waals surface area contributed by atoms with Crippen LogP contribution in [0.5, 0.6) is 11.5 Å². The van der Waals surface area contributed by atoms with Crippen molar-refractivity contribution >= 4 is 23.1 Å². The molecule has 1 aromatic heterocycles. The summed E-state index contributed by atoms with van der Waals surface area (Å²) in [6.45, 7) is 2.00. The first-order valence-electron chi connectivity index (χ1n) is 13.2. The summed E-state index contributed by atoms with van der Waals surface area (Å²) in [6, 6.07) is 22.3. The van der Waals surface area contributed by atoms with Crippen molar-refractivity contribution in [1.29, 1.82) is 0 Å². The second kappa shape index (κ2) is 12.8. The average Bonchev–Trinajstić information content (AvgIpc) is 3.67. The molecular formula is C31H31N6O4. The second-order valence-electron chi connectivity index (χ2n) is 9.60. The number of fused-ring (bicyclic) bond motifs is 1. The lowest BCUT2D eigenvalue weighted by Crippen LogP contribution is -2.46. The fourth-order valence-electron chi connectivity index (χ4n) is 4.73. The summed E-state index contributed by atoms with van der Waals surface area (Å²) < 4.78 is 12.9. The van der Waals surface area contributed by atoms with E-state index in [1.54, 1.807) is 35.2 Å². The van der Waals surface area contributed by atoms with E-state index in [0.29, 0.717) is 31.0 Å². The molecule has 1 radical (unpaired) electrons. The third-order valence-electron chi connectivity index (χ3n) is 6.77. The Hall–Kier alpha value is -5.12. The molecule has 0 saturated carbocycles. The average molecular weight is 552 g/mol. The third-order valence-corrected chi connectivity index (χ3v) is 6.77. The van der Waals surface area contributed by atoms with Crippen molar-refractivity contribution in [3.8, 4) is 17.2 Å². The standard InChI is InChI=1S/C31H31N6O4/c1-22(38)36(17-23-7-3-6-10-30(23)40-2)18-25(15-24-16-33-29-9-5-4-8-28(24)29)35-31(39)19-41-27-13-11-26(12-14-27)37-21-32-20-34-37/h3-14,16,20-21,25H,15,17-19H2,1-2H3,(H,35,39). The Bertz CT molecular complexity index is 1520. The van der Waals surface area contributed by atoms with Crippen LogP contribution >= 0.6 is 0 Å². The number of hydrogen-bond donors (Lipinski definition) is 1. The number of nitrogens with zero attached hydrogens (tertiary/aromatic N) is 5. The van der Waals surface area contributed by atoms with E-state index < -0.39 is 0 Å². The highest BCUT2D eigenvalue weighted by Crippen LogP contribution is 2.33. The summed E-state index contributed by atoms with van der Waals surface area (Å²) in [4.78, 5) is 31.5. The first-order chi connectivity index (χ1) is 20.0. The predicted molar refractivity (Wildman–Crippen MR) is 154 cm³/mol. The fraction of sp³-hybridized carbons (Fsp3) is 0.226. The van der Waals surface area contributed by atoms with Gasteiger partial charge in [0.05, 0.1) is 24.5 Å². The van der Waals surface area contributed by atoms with Gasteiger partial charge in [-0.1, -0.05) is 36.4 Å². The number of rotatable bonds is 12. The molecule has 1 aliphatic rings. The molecule has 1 aliphatic heterocycles. The SMILES string of the molecule is COc1ccccc1CN(CC(CC1=C[N]c2ccccc21)NC(=O)COc1ccc(-n2cncn2)cc1)C(C)=O. The Balaban J connectivity index is 1.28. The van der Waals surface area contributed by atoms with Crippen LogP contribution < -0.4 is 20.1 Å². The molecule has 0 spiro atoms. The molecule has 0 saturated heterocycles. The van der Waals surface area contributed by atoms with Crippen LogP contribution in [0.3, 0.4) is 0 Å². The molecule has 10 nitrogen and oxygen atoms in total. The first-order valence-corrected chi connectivity index (χ1v) is 13.2. The van der Waals surface area contributed by atoms with Crippen molar-refractivity contribution in [2.75, 3.05) is 20.3 Å². The lowest BCUT2D eigenvalue weighted by Gasteiger charge is -2.28. The summed E-state index contributed by atoms with van der Waals surface area (Å²) >= 11 is 0. The van der Waals surface area contributed by atoms with E-state index in [2.05, 4.69) is 20.7 Å². The lowest BCUT2D eigenvalue weighted by atomic mass is 9.99. The largest absolute Gasteiger partial charge is 0.496 e. The van der Waals surface area contributed by atoms with Crippen molar-refractivity contribution in [2.45, 2.75) is 25.9 Å². The van der Waals surface area contributed by atoms with E-state index in [9.17, 15) is 9.59 Å². The zero-order chi connectivity index (χ0) is 28.6. The van der Waals surface area contributed by atoms with E-state index in [4.69, 9.17) is 9.47 Å². The van der Waals surface area contributed by atoms with E-state index in [-0.39, 0.29) is 24.5 Å². The van der Waals surface area contributed by atoms with Gasteiger partial charge in [0.25, 0.3) is 5.91 Å². The van der Waals surface area contributed by atoms with E-state index in [1.165, 1.54) is 13.3 Å². The predicted octanol–water partition coefficient (Wildman–Crippen LogP) is 3.87. The minimum atomic E-state index is -0.382. The maximum Gasteiger partial charge on any atom is 0.258 e. The normalized spacial score (nSPS) is 12.5. The minimum absolute atomic E-state index is 0.107. The van der Waals surface area contributed by atoms with Gasteiger partial charge >= 0.3 is 0 Å². The van der Waals surface area contributed by atoms with Crippen LogP contribution in [0.15, 0.2) is 91.7 Å². The van der Waals surface area contributed by atoms with Crippen LogP contribution in [-0.4, -0.2) is 57.8 Å². The molecular weight excluding hydrogens is 520 g/mol. The summed E-state index contributed by atoms with van der Waals surface area (Å²) in [5.74, 6) is 0.853. The highest BCUT2D eigenvalue weighted by atomic mass is 16.5. The number of para-hydroxylation sites is 2. The lowest BCUT2D eigenvalue weighted by molar-refractivity contribution is -0.131. The van der Waals surface area contributed by atoms with Crippen LogP contribution in [0.4, 0.5) is 5.69 Å². The van der Waals surface area contributed by atoms with Crippen LogP contribution in [0.25, 0.3) is 11.3 Å². The van der Waals surface area contributed by atoms with Crippen molar-refractivity contribution in [3.05, 3.63) is 103 Å². The van der Waals surface area contributed by atoms with Crippen molar-refractivity contribution in [2.24, 2.45) is 0 Å². The van der Waals surface area contributed by atoms with Crippen LogP contribution in [0.1, 0.15) is 24.5 Å². The van der Waals surface area contributed by atoms with Crippen molar-refractivity contribution < 1.29 is 19.1 Å². The molecule has 5 rings (SSSR count). The number of benzene rings is 3. The Morgan fingerprint density at radius 2 is 1.80 bits per heavy atom. The van der Waals surface area contributed by atoms with E-state index in [0.717, 1.165) is 28.1 Å². The molecule has 1 unspecified atom stereocenters. The summed E-state index contributed by atoms with van der Waals surface area (Å²) in [5.41, 5.74) is 4.62. The van der Waals surface area contributed by atoms with Gasteiger partial charge in [-0.15, -0.1) is 0 Å². The van der Waals surface area contributed by atoms with E-state index >= 15 is 0 Å². The number of hydrogen-bond acceptors (Lipinski definition) is 6. The van der Waals surface area contributed by atoms with Gasteiger partial charge < -0.3 is 19.7 Å². The smallest absolute Gasteiger partial charge is 0.258 e. The number of amides is 2. The second-order valence-corrected chi connectivity index (χ2v) is 9.60. The number of ether oxygens (including phenoxy) is 2. The number of carbonyl (C=O) groups is 2. The van der Waals surface area contributed by atoms with Gasteiger partial charge in [-0.2, -0.15) is 5.10 Å². The maximum absolute atomic E-state index is 13.1. The Kier molecular flexibility index (Phi) is 8.58. The number of aromatic nitrogens is 3. The van der Waals surface area contributed by atoms with Crippen molar-refractivity contribution in [1.82, 2.24) is 30.3 Å². The highest BCUT2D eigenvalue weighted by molar-refractivity contribution is 5.81.